The van der Waals surface area contributed by atoms with Crippen LogP contribution < -0.4 is 0 Å². The van der Waals surface area contributed by atoms with E-state index < -0.39 is 11.6 Å². The Balaban J connectivity index is 2.18. The van der Waals surface area contributed by atoms with Crippen LogP contribution in [0.3, 0.4) is 0 Å². The van der Waals surface area contributed by atoms with Gasteiger partial charge >= 0.3 is 0 Å². The zero-order valence-corrected chi connectivity index (χ0v) is 12.6. The first-order chi connectivity index (χ1) is 8.49. The highest BCUT2D eigenvalue weighted by Crippen LogP contribution is 2.43. The average molecular weight is 338 g/mol. The number of hydrogen-bond donors (Lipinski definition) is 0. The van der Waals surface area contributed by atoms with Crippen LogP contribution in [0.1, 0.15) is 43.0 Å². The highest BCUT2D eigenvalue weighted by atomic mass is 79.9. The van der Waals surface area contributed by atoms with Gasteiger partial charge < -0.3 is 0 Å². The summed E-state index contributed by atoms with van der Waals surface area (Å²) in [7, 11) is 0. The first-order valence-corrected chi connectivity index (χ1v) is 7.57. The molecule has 0 heterocycles. The smallest absolute Gasteiger partial charge is 0.160 e. The van der Waals surface area contributed by atoms with E-state index in [1.807, 2.05) is 0 Å². The van der Waals surface area contributed by atoms with Crippen molar-refractivity contribution in [1.82, 2.24) is 0 Å². The van der Waals surface area contributed by atoms with E-state index in [2.05, 4.69) is 22.9 Å². The Kier molecular flexibility index (Phi) is 4.65. The van der Waals surface area contributed by atoms with Gasteiger partial charge in [-0.1, -0.05) is 47.3 Å². The topological polar surface area (TPSA) is 0 Å². The van der Waals surface area contributed by atoms with Crippen molar-refractivity contribution < 1.29 is 8.78 Å². The van der Waals surface area contributed by atoms with Gasteiger partial charge in [-0.3, -0.25) is 0 Å². The van der Waals surface area contributed by atoms with Gasteiger partial charge in [-0.2, -0.15) is 0 Å². The Morgan fingerprint density at radius 3 is 2.33 bits per heavy atom. The summed E-state index contributed by atoms with van der Waals surface area (Å²) in [6.45, 7) is 2.25. The predicted octanol–water partition coefficient (Wildman–Crippen LogP) is 5.88. The van der Waals surface area contributed by atoms with Crippen molar-refractivity contribution in [1.29, 1.82) is 0 Å². The summed E-state index contributed by atoms with van der Waals surface area (Å²) in [5.74, 6) is -0.506. The van der Waals surface area contributed by atoms with Crippen molar-refractivity contribution in [2.45, 2.75) is 37.4 Å². The second-order valence-corrected chi connectivity index (χ2v) is 6.60. The van der Waals surface area contributed by atoms with Gasteiger partial charge in [0, 0.05) is 9.85 Å². The van der Waals surface area contributed by atoms with Gasteiger partial charge in [0.15, 0.2) is 11.6 Å². The van der Waals surface area contributed by atoms with Crippen molar-refractivity contribution in [2.24, 2.45) is 11.8 Å². The van der Waals surface area contributed by atoms with Crippen molar-refractivity contribution >= 4 is 27.5 Å². The Hall–Kier alpha value is -0.150. The number of benzene rings is 1. The molecule has 0 bridgehead atoms. The summed E-state index contributed by atoms with van der Waals surface area (Å²) in [6, 6.07) is 2.28. The number of alkyl halides is 1. The molecule has 0 spiro atoms. The maximum atomic E-state index is 13.3. The lowest BCUT2D eigenvalue weighted by Crippen LogP contribution is -2.16. The second kappa shape index (κ2) is 5.87. The van der Waals surface area contributed by atoms with Gasteiger partial charge in [-0.15, -0.1) is 0 Å². The fourth-order valence-corrected chi connectivity index (χ4v) is 3.89. The van der Waals surface area contributed by atoms with E-state index in [4.69, 9.17) is 11.6 Å². The minimum atomic E-state index is -0.888. The lowest BCUT2D eigenvalue weighted by Gasteiger charge is -2.30. The molecule has 2 rings (SSSR count). The maximum Gasteiger partial charge on any atom is 0.160 e. The van der Waals surface area contributed by atoms with Crippen LogP contribution in [0.15, 0.2) is 12.1 Å². The molecular weight excluding hydrogens is 322 g/mol. The standard InChI is InChI=1S/C14H16BrClF2/c1-8-2-4-9(5-3-8)14(15)10-6-12(17)13(18)7-11(10)16/h6-9,14H,2-5H2,1H3. The molecular formula is C14H16BrClF2. The molecule has 1 aromatic carbocycles. The molecule has 0 amide bonds. The summed E-state index contributed by atoms with van der Waals surface area (Å²) in [5, 5.41) is 0.300. The van der Waals surface area contributed by atoms with E-state index in [9.17, 15) is 8.78 Å². The van der Waals surface area contributed by atoms with Crippen LogP contribution in [-0.2, 0) is 0 Å². The minimum absolute atomic E-state index is 0.00704. The molecule has 0 nitrogen and oxygen atoms in total. The van der Waals surface area contributed by atoms with Gasteiger partial charge in [-0.05, 0) is 42.4 Å². The molecule has 100 valence electrons. The normalized spacial score (nSPS) is 26.1. The molecule has 18 heavy (non-hydrogen) atoms. The molecule has 0 N–H and O–H groups in total. The molecule has 0 radical (unpaired) electrons. The fourth-order valence-electron chi connectivity index (χ4n) is 2.58. The Labute approximate surface area is 120 Å². The molecule has 4 heteroatoms. The van der Waals surface area contributed by atoms with Crippen LogP contribution in [0.5, 0.6) is 0 Å². The molecule has 1 aliphatic carbocycles. The van der Waals surface area contributed by atoms with Gasteiger partial charge in [0.25, 0.3) is 0 Å². The van der Waals surface area contributed by atoms with Crippen LogP contribution in [-0.4, -0.2) is 0 Å². The molecule has 1 aliphatic rings. The van der Waals surface area contributed by atoms with Crippen LogP contribution in [0.2, 0.25) is 5.02 Å². The van der Waals surface area contributed by atoms with E-state index in [1.165, 1.54) is 18.9 Å². The van der Waals surface area contributed by atoms with Gasteiger partial charge in [0.1, 0.15) is 0 Å². The summed E-state index contributed by atoms with van der Waals surface area (Å²) < 4.78 is 26.3. The minimum Gasteiger partial charge on any atom is -0.204 e. The lowest BCUT2D eigenvalue weighted by molar-refractivity contribution is 0.287. The average Bonchev–Trinajstić information content (AvgIpc) is 2.34. The van der Waals surface area contributed by atoms with Gasteiger partial charge in [0.05, 0.1) is 0 Å². The molecule has 0 aromatic heterocycles. The summed E-state index contributed by atoms with van der Waals surface area (Å²) in [4.78, 5) is 0.00704. The Bertz CT molecular complexity index is 428. The Morgan fingerprint density at radius 2 is 1.72 bits per heavy atom. The number of halogens is 4. The largest absolute Gasteiger partial charge is 0.204 e. The van der Waals surface area contributed by atoms with Crippen LogP contribution >= 0.6 is 27.5 Å². The zero-order chi connectivity index (χ0) is 13.3. The number of rotatable bonds is 2. The fraction of sp³-hybridized carbons (Fsp3) is 0.571. The number of hydrogen-bond acceptors (Lipinski definition) is 0. The monoisotopic (exact) mass is 336 g/mol. The highest BCUT2D eigenvalue weighted by Gasteiger charge is 2.27. The molecule has 1 fully saturated rings. The maximum absolute atomic E-state index is 13.3. The van der Waals surface area contributed by atoms with Crippen molar-refractivity contribution in [3.05, 3.63) is 34.4 Å². The third-order valence-corrected chi connectivity index (χ3v) is 5.38. The summed E-state index contributed by atoms with van der Waals surface area (Å²) in [6.07, 6.45) is 4.58. The molecule has 1 saturated carbocycles. The molecule has 1 aromatic rings. The van der Waals surface area contributed by atoms with Crippen LogP contribution in [0.25, 0.3) is 0 Å². The van der Waals surface area contributed by atoms with Crippen LogP contribution in [0, 0.1) is 23.5 Å². The van der Waals surface area contributed by atoms with Gasteiger partial charge in [-0.25, -0.2) is 8.78 Å². The second-order valence-electron chi connectivity index (χ2n) is 5.21. The van der Waals surface area contributed by atoms with E-state index in [-0.39, 0.29) is 4.83 Å². The molecule has 0 saturated heterocycles. The SMILES string of the molecule is CC1CCC(C(Br)c2cc(F)c(F)cc2Cl)CC1. The Morgan fingerprint density at radius 1 is 1.17 bits per heavy atom. The molecule has 1 unspecified atom stereocenters. The van der Waals surface area contributed by atoms with Crippen molar-refractivity contribution in [3.8, 4) is 0 Å². The molecule has 0 aliphatic heterocycles. The van der Waals surface area contributed by atoms with E-state index in [1.54, 1.807) is 0 Å². The van der Waals surface area contributed by atoms with Crippen molar-refractivity contribution in [2.75, 3.05) is 0 Å². The van der Waals surface area contributed by atoms with Crippen LogP contribution in [0.4, 0.5) is 8.78 Å². The summed E-state index contributed by atoms with van der Waals surface area (Å²) >= 11 is 9.61. The van der Waals surface area contributed by atoms with E-state index >= 15 is 0 Å². The van der Waals surface area contributed by atoms with Gasteiger partial charge in [0.2, 0.25) is 0 Å². The highest BCUT2D eigenvalue weighted by molar-refractivity contribution is 9.09. The summed E-state index contributed by atoms with van der Waals surface area (Å²) in [5.41, 5.74) is 0.662. The quantitative estimate of drug-likeness (QED) is 0.467. The lowest BCUT2D eigenvalue weighted by atomic mass is 9.80. The first kappa shape index (κ1) is 14.3. The van der Waals surface area contributed by atoms with E-state index in [0.29, 0.717) is 16.5 Å². The predicted molar refractivity (Wildman–Crippen MR) is 74.2 cm³/mol. The first-order valence-electron chi connectivity index (χ1n) is 6.27. The van der Waals surface area contributed by atoms with E-state index in [0.717, 1.165) is 24.8 Å². The zero-order valence-electron chi connectivity index (χ0n) is 10.2. The third-order valence-electron chi connectivity index (χ3n) is 3.81. The molecule has 1 atom stereocenters. The third kappa shape index (κ3) is 3.05. The van der Waals surface area contributed by atoms with Crippen molar-refractivity contribution in [3.63, 3.8) is 0 Å².